The number of ether oxygens (including phenoxy) is 2. The van der Waals surface area contributed by atoms with Crippen LogP contribution in [-0.2, 0) is 15.1 Å². The van der Waals surface area contributed by atoms with E-state index in [0.29, 0.717) is 11.2 Å². The third kappa shape index (κ3) is 5.69. The fourth-order valence-electron chi connectivity index (χ4n) is 2.98. The summed E-state index contributed by atoms with van der Waals surface area (Å²) in [7, 11) is 0. The van der Waals surface area contributed by atoms with Gasteiger partial charge in [-0.15, -0.1) is 0 Å². The maximum absolute atomic E-state index is 13.4. The van der Waals surface area contributed by atoms with Crippen molar-refractivity contribution in [3.8, 4) is 5.69 Å². The van der Waals surface area contributed by atoms with Gasteiger partial charge in [-0.2, -0.15) is 10.00 Å². The molecule has 3 aromatic rings. The summed E-state index contributed by atoms with van der Waals surface area (Å²) in [5.74, 6) is 0.111. The van der Waals surface area contributed by atoms with Gasteiger partial charge in [-0.3, -0.25) is 0 Å². The van der Waals surface area contributed by atoms with Gasteiger partial charge in [-0.25, -0.2) is 24.2 Å². The summed E-state index contributed by atoms with van der Waals surface area (Å²) in [5.41, 5.74) is -2.10. The van der Waals surface area contributed by atoms with Gasteiger partial charge in [0, 0.05) is 0 Å². The largest absolute Gasteiger partial charge is 0.443 e. The van der Waals surface area contributed by atoms with Crippen molar-refractivity contribution >= 4 is 29.0 Å². The highest BCUT2D eigenvalue weighted by molar-refractivity contribution is 6.13. The standard InChI is InChI=1S/C24H31N5O5/c1-22(2,3)33-20(30)28(21(31)34-23(4,5)6)18-17-16(14-25-19(26-17)24(7,8)32)27-29(18)15-12-10-9-11-13-15/h9-14,32H,1-8H3. The Morgan fingerprint density at radius 2 is 1.44 bits per heavy atom. The highest BCUT2D eigenvalue weighted by Crippen LogP contribution is 2.32. The van der Waals surface area contributed by atoms with Crippen molar-refractivity contribution in [2.75, 3.05) is 4.90 Å². The molecule has 34 heavy (non-hydrogen) atoms. The highest BCUT2D eigenvalue weighted by Gasteiger charge is 2.38. The second-order valence-corrected chi connectivity index (χ2v) is 10.4. The molecule has 0 radical (unpaired) electrons. The van der Waals surface area contributed by atoms with Crippen LogP contribution >= 0.6 is 0 Å². The number of nitrogens with zero attached hydrogens (tertiary/aromatic N) is 5. The third-order valence-corrected chi connectivity index (χ3v) is 4.30. The van der Waals surface area contributed by atoms with E-state index in [1.54, 1.807) is 65.8 Å². The van der Waals surface area contributed by atoms with Crippen LogP contribution in [0.25, 0.3) is 16.7 Å². The number of aromatic nitrogens is 4. The van der Waals surface area contributed by atoms with Gasteiger partial charge in [0.05, 0.1) is 11.9 Å². The van der Waals surface area contributed by atoms with Crippen molar-refractivity contribution < 1.29 is 24.2 Å². The van der Waals surface area contributed by atoms with E-state index < -0.39 is 29.0 Å². The lowest BCUT2D eigenvalue weighted by Gasteiger charge is -2.28. The Hall–Kier alpha value is -3.53. The number of carbonyl (C=O) groups is 2. The molecule has 2 amide bonds. The number of amides is 2. The van der Waals surface area contributed by atoms with E-state index >= 15 is 0 Å². The zero-order valence-corrected chi connectivity index (χ0v) is 20.8. The first-order valence-electron chi connectivity index (χ1n) is 10.9. The first-order valence-corrected chi connectivity index (χ1v) is 10.9. The van der Waals surface area contributed by atoms with Crippen molar-refractivity contribution in [1.29, 1.82) is 0 Å². The first-order chi connectivity index (χ1) is 15.6. The molecule has 2 aromatic heterocycles. The summed E-state index contributed by atoms with van der Waals surface area (Å²) < 4.78 is 12.5. The summed E-state index contributed by atoms with van der Waals surface area (Å²) >= 11 is 0. The summed E-state index contributed by atoms with van der Waals surface area (Å²) in [4.78, 5) is 36.2. The quantitative estimate of drug-likeness (QED) is 0.585. The number of benzene rings is 1. The van der Waals surface area contributed by atoms with Crippen LogP contribution in [0.4, 0.5) is 15.4 Å². The Kier molecular flexibility index (Phi) is 6.41. The van der Waals surface area contributed by atoms with Crippen molar-refractivity contribution in [1.82, 2.24) is 19.7 Å². The molecule has 0 unspecified atom stereocenters. The van der Waals surface area contributed by atoms with Crippen molar-refractivity contribution in [3.05, 3.63) is 42.4 Å². The third-order valence-electron chi connectivity index (χ3n) is 4.30. The molecule has 0 saturated carbocycles. The second kappa shape index (κ2) is 8.68. The van der Waals surface area contributed by atoms with Crippen molar-refractivity contribution in [2.24, 2.45) is 0 Å². The number of para-hydroxylation sites is 1. The number of carbonyl (C=O) groups excluding carboxylic acids is 2. The molecule has 0 aliphatic carbocycles. The Labute approximate surface area is 198 Å². The van der Waals surface area contributed by atoms with Crippen LogP contribution in [0.15, 0.2) is 36.5 Å². The van der Waals surface area contributed by atoms with E-state index in [9.17, 15) is 14.7 Å². The molecule has 10 heteroatoms. The number of rotatable bonds is 3. The van der Waals surface area contributed by atoms with Gasteiger partial charge in [-0.05, 0) is 67.5 Å². The lowest BCUT2D eigenvalue weighted by atomic mass is 10.1. The predicted molar refractivity (Wildman–Crippen MR) is 127 cm³/mol. The summed E-state index contributed by atoms with van der Waals surface area (Å²) in [6.07, 6.45) is -0.477. The SMILES string of the molecule is CC(C)(C)OC(=O)N(C(=O)OC(C)(C)C)c1c2nc(C(C)(C)O)ncc2nn1-c1ccccc1. The molecule has 0 saturated heterocycles. The van der Waals surface area contributed by atoms with Crippen LogP contribution in [0.2, 0.25) is 0 Å². The van der Waals surface area contributed by atoms with Crippen LogP contribution in [-0.4, -0.2) is 48.2 Å². The Morgan fingerprint density at radius 3 is 1.91 bits per heavy atom. The minimum Gasteiger partial charge on any atom is -0.443 e. The Bertz CT molecular complexity index is 1170. The fraction of sp³-hybridized carbons (Fsp3) is 0.458. The number of anilines is 1. The van der Waals surface area contributed by atoms with Gasteiger partial charge in [0.1, 0.15) is 27.8 Å². The van der Waals surface area contributed by atoms with Crippen molar-refractivity contribution in [3.63, 3.8) is 0 Å². The number of imide groups is 1. The highest BCUT2D eigenvalue weighted by atomic mass is 16.6. The van der Waals surface area contributed by atoms with Crippen LogP contribution in [0.3, 0.4) is 0 Å². The maximum Gasteiger partial charge on any atom is 0.425 e. The molecule has 0 fully saturated rings. The van der Waals surface area contributed by atoms with Gasteiger partial charge in [0.25, 0.3) is 0 Å². The number of aliphatic hydroxyl groups is 1. The average molecular weight is 470 g/mol. The van der Waals surface area contributed by atoms with Gasteiger partial charge in [0.15, 0.2) is 11.6 Å². The average Bonchev–Trinajstić information content (AvgIpc) is 3.04. The molecule has 1 N–H and O–H groups in total. The lowest BCUT2D eigenvalue weighted by molar-refractivity contribution is 0.0428. The fourth-order valence-corrected chi connectivity index (χ4v) is 2.98. The Balaban J connectivity index is 2.34. The van der Waals surface area contributed by atoms with Crippen LogP contribution < -0.4 is 4.90 Å². The predicted octanol–water partition coefficient (Wildman–Crippen LogP) is 4.72. The molecule has 0 aliphatic rings. The van der Waals surface area contributed by atoms with Crippen LogP contribution in [0, 0.1) is 0 Å². The number of hydrogen-bond donors (Lipinski definition) is 1. The van der Waals surface area contributed by atoms with E-state index in [4.69, 9.17) is 9.47 Å². The lowest BCUT2D eigenvalue weighted by Crippen LogP contribution is -2.44. The zero-order valence-electron chi connectivity index (χ0n) is 20.8. The minimum atomic E-state index is -1.37. The summed E-state index contributed by atoms with van der Waals surface area (Å²) in [6.45, 7) is 13.2. The molecule has 10 nitrogen and oxygen atoms in total. The molecule has 0 spiro atoms. The topological polar surface area (TPSA) is 120 Å². The molecule has 182 valence electrons. The molecular formula is C24H31N5O5. The molecule has 0 atom stereocenters. The molecular weight excluding hydrogens is 438 g/mol. The first kappa shape index (κ1) is 25.1. The van der Waals surface area contributed by atoms with Crippen molar-refractivity contribution in [2.45, 2.75) is 72.2 Å². The normalized spacial score (nSPS) is 12.5. The Morgan fingerprint density at radius 1 is 0.912 bits per heavy atom. The maximum atomic E-state index is 13.4. The minimum absolute atomic E-state index is 0.0117. The second-order valence-electron chi connectivity index (χ2n) is 10.4. The van der Waals surface area contributed by atoms with Gasteiger partial charge >= 0.3 is 12.2 Å². The molecule has 2 heterocycles. The molecule has 3 rings (SSSR count). The summed E-state index contributed by atoms with van der Waals surface area (Å²) in [5, 5.41) is 15.0. The van der Waals surface area contributed by atoms with Crippen LogP contribution in [0.1, 0.15) is 61.2 Å². The zero-order chi connectivity index (χ0) is 25.5. The van der Waals surface area contributed by atoms with E-state index in [1.165, 1.54) is 24.7 Å². The van der Waals surface area contributed by atoms with Gasteiger partial charge in [-0.1, -0.05) is 18.2 Å². The molecule has 0 bridgehead atoms. The smallest absolute Gasteiger partial charge is 0.425 e. The summed E-state index contributed by atoms with van der Waals surface area (Å²) in [6, 6.07) is 8.96. The van der Waals surface area contributed by atoms with E-state index in [-0.39, 0.29) is 17.2 Å². The van der Waals surface area contributed by atoms with Gasteiger partial charge < -0.3 is 14.6 Å². The number of fused-ring (bicyclic) bond motifs is 1. The van der Waals surface area contributed by atoms with Crippen LogP contribution in [0.5, 0.6) is 0 Å². The number of hydrogen-bond acceptors (Lipinski definition) is 8. The monoisotopic (exact) mass is 469 g/mol. The molecule has 0 aliphatic heterocycles. The van der Waals surface area contributed by atoms with E-state index in [1.807, 2.05) is 6.07 Å². The van der Waals surface area contributed by atoms with Gasteiger partial charge in [0.2, 0.25) is 0 Å². The molecule has 1 aromatic carbocycles. The van der Waals surface area contributed by atoms with E-state index in [0.717, 1.165) is 4.90 Å². The van der Waals surface area contributed by atoms with E-state index in [2.05, 4.69) is 15.1 Å².